The van der Waals surface area contributed by atoms with E-state index in [1.807, 2.05) is 0 Å². The highest BCUT2D eigenvalue weighted by Gasteiger charge is 2.51. The molecule has 0 saturated carbocycles. The SMILES string of the molecule is CSc1nc(Cl)c2ncn([C@@H]3O[C@H](COC(C)=O)[C@@H](OC(C)=O)[C@H]3OC(C)=O)c2n1. The first-order chi connectivity index (χ1) is 14.2. The fourth-order valence-electron chi connectivity index (χ4n) is 3.06. The lowest BCUT2D eigenvalue weighted by Crippen LogP contribution is -2.40. The second-order valence-electron chi connectivity index (χ2n) is 6.34. The molecule has 0 aromatic carbocycles. The Bertz CT molecular complexity index is 984. The zero-order valence-electron chi connectivity index (χ0n) is 16.5. The number of fused-ring (bicyclic) bond motifs is 1. The fraction of sp³-hybridized carbons (Fsp3) is 0.529. The third kappa shape index (κ3) is 4.65. The molecule has 1 aliphatic rings. The van der Waals surface area contributed by atoms with Crippen LogP contribution >= 0.6 is 23.4 Å². The molecular weight excluding hydrogens is 440 g/mol. The molecule has 4 atom stereocenters. The number of nitrogens with zero attached hydrogens (tertiary/aromatic N) is 4. The highest BCUT2D eigenvalue weighted by Crippen LogP contribution is 2.36. The van der Waals surface area contributed by atoms with Gasteiger partial charge in [-0.1, -0.05) is 23.4 Å². The summed E-state index contributed by atoms with van der Waals surface area (Å²) in [5, 5.41) is 0.558. The summed E-state index contributed by atoms with van der Waals surface area (Å²) in [5.41, 5.74) is 0.670. The predicted molar refractivity (Wildman–Crippen MR) is 104 cm³/mol. The van der Waals surface area contributed by atoms with Crippen molar-refractivity contribution in [2.45, 2.75) is 50.5 Å². The van der Waals surface area contributed by atoms with E-state index < -0.39 is 42.4 Å². The fourth-order valence-corrected chi connectivity index (χ4v) is 3.68. The van der Waals surface area contributed by atoms with Gasteiger partial charge in [0.2, 0.25) is 0 Å². The van der Waals surface area contributed by atoms with Gasteiger partial charge in [0.05, 0.1) is 6.33 Å². The highest BCUT2D eigenvalue weighted by molar-refractivity contribution is 7.98. The molecule has 1 aliphatic heterocycles. The largest absolute Gasteiger partial charge is 0.463 e. The molecule has 0 aliphatic carbocycles. The van der Waals surface area contributed by atoms with E-state index in [0.29, 0.717) is 16.3 Å². The first-order valence-corrected chi connectivity index (χ1v) is 10.4. The average Bonchev–Trinajstić information content (AvgIpc) is 3.21. The number of thioether (sulfide) groups is 1. The Hall–Kier alpha value is -2.44. The number of imidazole rings is 1. The third-order valence-electron chi connectivity index (χ3n) is 4.16. The maximum atomic E-state index is 11.8. The van der Waals surface area contributed by atoms with E-state index in [4.69, 9.17) is 30.5 Å². The Morgan fingerprint density at radius 3 is 2.40 bits per heavy atom. The molecule has 2 aromatic rings. The van der Waals surface area contributed by atoms with Crippen molar-refractivity contribution in [2.75, 3.05) is 12.9 Å². The van der Waals surface area contributed by atoms with Crippen LogP contribution in [-0.2, 0) is 33.3 Å². The van der Waals surface area contributed by atoms with Crippen molar-refractivity contribution >= 4 is 52.4 Å². The van der Waals surface area contributed by atoms with Crippen LogP contribution < -0.4 is 0 Å². The summed E-state index contributed by atoms with van der Waals surface area (Å²) in [6.07, 6.45) is -0.722. The van der Waals surface area contributed by atoms with Gasteiger partial charge < -0.3 is 18.9 Å². The van der Waals surface area contributed by atoms with Crippen LogP contribution in [0.5, 0.6) is 0 Å². The van der Waals surface area contributed by atoms with E-state index in [0.717, 1.165) is 0 Å². The van der Waals surface area contributed by atoms with Crippen LogP contribution in [0.2, 0.25) is 5.15 Å². The number of hydrogen-bond donors (Lipinski definition) is 0. The first kappa shape index (κ1) is 22.2. The number of esters is 3. The molecule has 0 radical (unpaired) electrons. The van der Waals surface area contributed by atoms with Crippen molar-refractivity contribution in [1.82, 2.24) is 19.5 Å². The van der Waals surface area contributed by atoms with E-state index in [1.54, 1.807) is 6.26 Å². The van der Waals surface area contributed by atoms with E-state index in [-0.39, 0.29) is 11.8 Å². The Morgan fingerprint density at radius 2 is 1.80 bits per heavy atom. The van der Waals surface area contributed by atoms with Crippen LogP contribution in [0.15, 0.2) is 11.5 Å². The lowest BCUT2D eigenvalue weighted by atomic mass is 10.1. The zero-order valence-corrected chi connectivity index (χ0v) is 18.1. The molecule has 0 unspecified atom stereocenters. The number of carbonyl (C=O) groups is 3. The van der Waals surface area contributed by atoms with Gasteiger partial charge in [0.1, 0.15) is 18.2 Å². The number of halogens is 1. The number of carbonyl (C=O) groups excluding carboxylic acids is 3. The van der Waals surface area contributed by atoms with Gasteiger partial charge in [-0.05, 0) is 6.26 Å². The summed E-state index contributed by atoms with van der Waals surface area (Å²) < 4.78 is 23.3. The molecule has 3 heterocycles. The molecule has 1 fully saturated rings. The smallest absolute Gasteiger partial charge is 0.303 e. The quantitative estimate of drug-likeness (QED) is 0.205. The summed E-state index contributed by atoms with van der Waals surface area (Å²) >= 11 is 7.48. The van der Waals surface area contributed by atoms with Crippen LogP contribution in [0, 0.1) is 0 Å². The van der Waals surface area contributed by atoms with Gasteiger partial charge in [-0.3, -0.25) is 19.0 Å². The molecule has 1 saturated heterocycles. The third-order valence-corrected chi connectivity index (χ3v) is 4.97. The summed E-state index contributed by atoms with van der Waals surface area (Å²) in [6.45, 7) is 3.46. The molecule has 30 heavy (non-hydrogen) atoms. The van der Waals surface area contributed by atoms with Gasteiger partial charge in [-0.15, -0.1) is 0 Å². The monoisotopic (exact) mass is 458 g/mol. The number of rotatable bonds is 6. The molecule has 13 heteroatoms. The van der Waals surface area contributed by atoms with Crippen molar-refractivity contribution in [3.8, 4) is 0 Å². The van der Waals surface area contributed by atoms with Crippen LogP contribution in [0.25, 0.3) is 11.2 Å². The summed E-state index contributed by atoms with van der Waals surface area (Å²) in [5.74, 6) is -1.76. The lowest BCUT2D eigenvalue weighted by Gasteiger charge is -2.23. The molecule has 11 nitrogen and oxygen atoms in total. The molecule has 0 bridgehead atoms. The molecule has 0 spiro atoms. The molecule has 0 N–H and O–H groups in total. The van der Waals surface area contributed by atoms with Crippen LogP contribution in [0.4, 0.5) is 0 Å². The normalized spacial score (nSPS) is 23.4. The average molecular weight is 459 g/mol. The van der Waals surface area contributed by atoms with E-state index in [9.17, 15) is 14.4 Å². The van der Waals surface area contributed by atoms with Gasteiger partial charge in [-0.25, -0.2) is 15.0 Å². The number of hydrogen-bond acceptors (Lipinski definition) is 11. The zero-order chi connectivity index (χ0) is 22.0. The van der Waals surface area contributed by atoms with Gasteiger partial charge >= 0.3 is 17.9 Å². The van der Waals surface area contributed by atoms with Crippen molar-refractivity contribution in [3.63, 3.8) is 0 Å². The van der Waals surface area contributed by atoms with Crippen LogP contribution in [0.1, 0.15) is 27.0 Å². The molecule has 162 valence electrons. The van der Waals surface area contributed by atoms with Gasteiger partial charge in [0.25, 0.3) is 0 Å². The minimum Gasteiger partial charge on any atom is -0.463 e. The predicted octanol–water partition coefficient (Wildman–Crippen LogP) is 1.53. The Kier molecular flexibility index (Phi) is 6.78. The van der Waals surface area contributed by atoms with E-state index in [2.05, 4.69) is 15.0 Å². The van der Waals surface area contributed by atoms with Crippen molar-refractivity contribution in [1.29, 1.82) is 0 Å². The summed E-state index contributed by atoms with van der Waals surface area (Å²) in [7, 11) is 0. The molecular formula is C17H19ClN4O7S. The molecule has 0 amide bonds. The first-order valence-electron chi connectivity index (χ1n) is 8.78. The summed E-state index contributed by atoms with van der Waals surface area (Å²) in [6, 6.07) is 0. The lowest BCUT2D eigenvalue weighted by molar-refractivity contribution is -0.166. The molecule has 3 rings (SSSR count). The minimum absolute atomic E-state index is 0.151. The Morgan fingerprint density at radius 1 is 1.13 bits per heavy atom. The van der Waals surface area contributed by atoms with Gasteiger partial charge in [-0.2, -0.15) is 0 Å². The van der Waals surface area contributed by atoms with Gasteiger partial charge in [0, 0.05) is 20.8 Å². The second-order valence-corrected chi connectivity index (χ2v) is 7.47. The minimum atomic E-state index is -1.05. The van der Waals surface area contributed by atoms with Crippen molar-refractivity contribution in [2.24, 2.45) is 0 Å². The van der Waals surface area contributed by atoms with Crippen molar-refractivity contribution in [3.05, 3.63) is 11.5 Å². The Balaban J connectivity index is 2.05. The van der Waals surface area contributed by atoms with Crippen LogP contribution in [0.3, 0.4) is 0 Å². The van der Waals surface area contributed by atoms with Crippen LogP contribution in [-0.4, -0.2) is 68.6 Å². The topological polar surface area (TPSA) is 132 Å². The Labute approximate surface area is 180 Å². The maximum Gasteiger partial charge on any atom is 0.303 e. The number of ether oxygens (including phenoxy) is 4. The molecule has 2 aromatic heterocycles. The van der Waals surface area contributed by atoms with Crippen molar-refractivity contribution < 1.29 is 33.3 Å². The maximum absolute atomic E-state index is 11.8. The van der Waals surface area contributed by atoms with Gasteiger partial charge in [0.15, 0.2) is 34.4 Å². The van der Waals surface area contributed by atoms with E-state index >= 15 is 0 Å². The standard InChI is InChI=1S/C17H19ClN4O7S/c1-7(23)26-5-10-12(27-8(2)24)13(28-9(3)25)16(29-10)22-6-19-11-14(18)20-17(30-4)21-15(11)22/h6,10,12-13,16H,5H2,1-4H3/t10-,12-,13-,16-/m1/s1. The number of aromatic nitrogens is 4. The summed E-state index contributed by atoms with van der Waals surface area (Å²) in [4.78, 5) is 47.4. The highest BCUT2D eigenvalue weighted by atomic mass is 35.5. The second kappa shape index (κ2) is 9.14. The van der Waals surface area contributed by atoms with E-state index in [1.165, 1.54) is 43.4 Å².